The first-order valence-corrected chi connectivity index (χ1v) is 6.14. The van der Waals surface area contributed by atoms with Gasteiger partial charge in [-0.05, 0) is 24.6 Å². The molecule has 0 aliphatic heterocycles. The number of benzene rings is 1. The van der Waals surface area contributed by atoms with E-state index in [1.54, 1.807) is 12.1 Å². The Morgan fingerprint density at radius 1 is 1.56 bits per heavy atom. The monoisotopic (exact) mass is 300 g/mol. The van der Waals surface area contributed by atoms with E-state index in [0.29, 0.717) is 17.7 Å². The van der Waals surface area contributed by atoms with Crippen molar-refractivity contribution < 1.29 is 4.79 Å². The molecule has 0 aliphatic rings. The van der Waals surface area contributed by atoms with Crippen LogP contribution in [0.15, 0.2) is 22.7 Å². The third kappa shape index (κ3) is 3.57. The molecule has 0 heterocycles. The number of amides is 1. The number of rotatable bonds is 4. The summed E-state index contributed by atoms with van der Waals surface area (Å²) >= 11 is 8.26. The lowest BCUT2D eigenvalue weighted by Crippen LogP contribution is -2.17. The second-order valence-corrected chi connectivity index (χ2v) is 4.71. The molecule has 0 atom stereocenters. The van der Waals surface area contributed by atoms with Crippen LogP contribution in [0.1, 0.15) is 25.3 Å². The minimum Gasteiger partial charge on any atom is -0.389 e. The van der Waals surface area contributed by atoms with Gasteiger partial charge in [0, 0.05) is 16.5 Å². The summed E-state index contributed by atoms with van der Waals surface area (Å²) in [4.78, 5) is 11.8. The van der Waals surface area contributed by atoms with Gasteiger partial charge in [0.1, 0.15) is 4.99 Å². The lowest BCUT2D eigenvalue weighted by Gasteiger charge is -2.10. The lowest BCUT2D eigenvalue weighted by molar-refractivity contribution is -0.116. The molecule has 1 rings (SSSR count). The smallest absolute Gasteiger partial charge is 0.224 e. The molecule has 0 saturated carbocycles. The molecule has 0 fully saturated rings. The Bertz CT molecular complexity index is 420. The zero-order chi connectivity index (χ0) is 12.1. The van der Waals surface area contributed by atoms with Gasteiger partial charge in [0.25, 0.3) is 0 Å². The number of hydrogen-bond acceptors (Lipinski definition) is 2. The van der Waals surface area contributed by atoms with Crippen LogP contribution in [0.2, 0.25) is 0 Å². The Balaban J connectivity index is 2.96. The molecule has 0 bridgehead atoms. The van der Waals surface area contributed by atoms with Gasteiger partial charge in [-0.1, -0.05) is 35.1 Å². The zero-order valence-corrected chi connectivity index (χ0v) is 11.3. The summed E-state index contributed by atoms with van der Waals surface area (Å²) in [5, 5.41) is 2.80. The number of thiocarbonyl (C=S) groups is 1. The van der Waals surface area contributed by atoms with Gasteiger partial charge in [0.2, 0.25) is 5.91 Å². The lowest BCUT2D eigenvalue weighted by atomic mass is 10.1. The molecule has 1 amide bonds. The van der Waals surface area contributed by atoms with E-state index in [1.807, 2.05) is 13.0 Å². The maximum atomic E-state index is 11.5. The minimum atomic E-state index is -0.0295. The number of carbonyl (C=O) groups is 1. The van der Waals surface area contributed by atoms with Crippen LogP contribution < -0.4 is 11.1 Å². The highest BCUT2D eigenvalue weighted by molar-refractivity contribution is 9.10. The molecular formula is C11H13BrN2OS. The normalized spacial score (nSPS) is 9.88. The van der Waals surface area contributed by atoms with Crippen LogP contribution in [0, 0.1) is 0 Å². The van der Waals surface area contributed by atoms with Crippen molar-refractivity contribution in [1.82, 2.24) is 0 Å². The Kier molecular flexibility index (Phi) is 4.89. The molecule has 3 N–H and O–H groups in total. The highest BCUT2D eigenvalue weighted by Gasteiger charge is 2.08. The van der Waals surface area contributed by atoms with Crippen LogP contribution in [0.25, 0.3) is 0 Å². The van der Waals surface area contributed by atoms with Gasteiger partial charge in [-0.2, -0.15) is 0 Å². The molecule has 0 spiro atoms. The topological polar surface area (TPSA) is 55.1 Å². The number of hydrogen-bond donors (Lipinski definition) is 2. The average molecular weight is 301 g/mol. The molecule has 1 aromatic carbocycles. The average Bonchev–Trinajstić information content (AvgIpc) is 2.17. The minimum absolute atomic E-state index is 0.0295. The second-order valence-electron chi connectivity index (χ2n) is 3.35. The number of nitrogens with one attached hydrogen (secondary N) is 1. The van der Waals surface area contributed by atoms with Crippen molar-refractivity contribution in [3.05, 3.63) is 28.2 Å². The Morgan fingerprint density at radius 3 is 2.81 bits per heavy atom. The quantitative estimate of drug-likeness (QED) is 0.841. The SMILES string of the molecule is CCCC(=O)Nc1cc(Br)ccc1C(N)=S. The maximum Gasteiger partial charge on any atom is 0.224 e. The Hall–Kier alpha value is -0.940. The molecule has 86 valence electrons. The van der Waals surface area contributed by atoms with Crippen LogP contribution in [0.3, 0.4) is 0 Å². The van der Waals surface area contributed by atoms with E-state index in [-0.39, 0.29) is 10.9 Å². The number of anilines is 1. The molecule has 0 radical (unpaired) electrons. The number of carbonyl (C=O) groups excluding carboxylic acids is 1. The molecule has 0 aromatic heterocycles. The predicted molar refractivity (Wildman–Crippen MR) is 73.6 cm³/mol. The summed E-state index contributed by atoms with van der Waals surface area (Å²) in [5.74, 6) is -0.0295. The van der Waals surface area contributed by atoms with Crippen molar-refractivity contribution >= 4 is 44.7 Å². The molecule has 0 saturated heterocycles. The first kappa shape index (κ1) is 13.1. The predicted octanol–water partition coefficient (Wildman–Crippen LogP) is 2.82. The fraction of sp³-hybridized carbons (Fsp3) is 0.273. The summed E-state index contributed by atoms with van der Waals surface area (Å²) < 4.78 is 0.874. The Labute approximate surface area is 109 Å². The van der Waals surface area contributed by atoms with Crippen LogP contribution in [-0.4, -0.2) is 10.9 Å². The maximum absolute atomic E-state index is 11.5. The van der Waals surface area contributed by atoms with E-state index in [0.717, 1.165) is 10.9 Å². The third-order valence-corrected chi connectivity index (χ3v) is 2.71. The van der Waals surface area contributed by atoms with E-state index >= 15 is 0 Å². The van der Waals surface area contributed by atoms with Crippen LogP contribution in [0.5, 0.6) is 0 Å². The number of halogens is 1. The van der Waals surface area contributed by atoms with E-state index in [1.165, 1.54) is 0 Å². The highest BCUT2D eigenvalue weighted by Crippen LogP contribution is 2.21. The summed E-state index contributed by atoms with van der Waals surface area (Å²) in [6.45, 7) is 1.95. The van der Waals surface area contributed by atoms with E-state index in [2.05, 4.69) is 21.2 Å². The van der Waals surface area contributed by atoms with Crippen LogP contribution in [0.4, 0.5) is 5.69 Å². The van der Waals surface area contributed by atoms with Gasteiger partial charge < -0.3 is 11.1 Å². The summed E-state index contributed by atoms with van der Waals surface area (Å²) in [5.41, 5.74) is 6.92. The molecule has 0 unspecified atom stereocenters. The fourth-order valence-corrected chi connectivity index (χ4v) is 1.81. The fourth-order valence-electron chi connectivity index (χ4n) is 1.27. The van der Waals surface area contributed by atoms with Crippen molar-refractivity contribution in [2.75, 3.05) is 5.32 Å². The van der Waals surface area contributed by atoms with Gasteiger partial charge in [-0.25, -0.2) is 0 Å². The van der Waals surface area contributed by atoms with Crippen LogP contribution in [-0.2, 0) is 4.79 Å². The summed E-state index contributed by atoms with van der Waals surface area (Å²) in [6.07, 6.45) is 1.30. The second kappa shape index (κ2) is 5.96. The zero-order valence-electron chi connectivity index (χ0n) is 8.92. The van der Waals surface area contributed by atoms with Gasteiger partial charge >= 0.3 is 0 Å². The number of nitrogens with two attached hydrogens (primary N) is 1. The third-order valence-electron chi connectivity index (χ3n) is 2.00. The van der Waals surface area contributed by atoms with E-state index in [9.17, 15) is 4.79 Å². The van der Waals surface area contributed by atoms with Crippen molar-refractivity contribution in [2.45, 2.75) is 19.8 Å². The van der Waals surface area contributed by atoms with Crippen molar-refractivity contribution in [2.24, 2.45) is 5.73 Å². The highest BCUT2D eigenvalue weighted by atomic mass is 79.9. The van der Waals surface area contributed by atoms with Crippen molar-refractivity contribution in [3.8, 4) is 0 Å². The summed E-state index contributed by atoms with van der Waals surface area (Å²) in [7, 11) is 0. The molecular weight excluding hydrogens is 288 g/mol. The van der Waals surface area contributed by atoms with Gasteiger partial charge in [0.15, 0.2) is 0 Å². The first-order valence-electron chi connectivity index (χ1n) is 4.93. The van der Waals surface area contributed by atoms with Gasteiger partial charge in [-0.3, -0.25) is 4.79 Å². The molecule has 1 aromatic rings. The van der Waals surface area contributed by atoms with Crippen molar-refractivity contribution in [1.29, 1.82) is 0 Å². The van der Waals surface area contributed by atoms with Gasteiger partial charge in [-0.15, -0.1) is 0 Å². The van der Waals surface area contributed by atoms with E-state index in [4.69, 9.17) is 18.0 Å². The van der Waals surface area contributed by atoms with Crippen molar-refractivity contribution in [3.63, 3.8) is 0 Å². The van der Waals surface area contributed by atoms with Crippen LogP contribution >= 0.6 is 28.1 Å². The summed E-state index contributed by atoms with van der Waals surface area (Å²) in [6, 6.07) is 5.42. The molecule has 0 aliphatic carbocycles. The largest absolute Gasteiger partial charge is 0.389 e. The first-order chi connectivity index (χ1) is 7.54. The van der Waals surface area contributed by atoms with Gasteiger partial charge in [0.05, 0.1) is 5.69 Å². The van der Waals surface area contributed by atoms with E-state index < -0.39 is 0 Å². The Morgan fingerprint density at radius 2 is 2.25 bits per heavy atom. The molecule has 5 heteroatoms. The molecule has 3 nitrogen and oxygen atoms in total. The standard InChI is InChI=1S/C11H13BrN2OS/c1-2-3-10(15)14-9-6-7(12)4-5-8(9)11(13)16/h4-6H,2-3H2,1H3,(H2,13,16)(H,14,15). The molecule has 16 heavy (non-hydrogen) atoms.